The standard InChI is InChI=1S/C16H17ClFNO/c1-3-15(12-6-4-5-7-14(12)18)19-16-10-11(20-2)8-9-13(16)17/h4-10,15,19H,3H2,1-2H3. The molecule has 0 saturated carbocycles. The van der Waals surface area contributed by atoms with Gasteiger partial charge in [0.15, 0.2) is 0 Å². The Balaban J connectivity index is 2.29. The first-order valence-corrected chi connectivity index (χ1v) is 6.88. The molecule has 0 amide bonds. The van der Waals surface area contributed by atoms with Crippen LogP contribution in [0.15, 0.2) is 42.5 Å². The fraction of sp³-hybridized carbons (Fsp3) is 0.250. The van der Waals surface area contributed by atoms with Crippen LogP contribution in [0.25, 0.3) is 0 Å². The van der Waals surface area contributed by atoms with Crippen LogP contribution in [0.4, 0.5) is 10.1 Å². The number of anilines is 1. The Bertz CT molecular complexity index is 588. The van der Waals surface area contributed by atoms with Crippen LogP contribution < -0.4 is 10.1 Å². The summed E-state index contributed by atoms with van der Waals surface area (Å²) in [5, 5.41) is 3.86. The van der Waals surface area contributed by atoms with Crippen LogP contribution >= 0.6 is 11.6 Å². The monoisotopic (exact) mass is 293 g/mol. The molecule has 0 heterocycles. The van der Waals surface area contributed by atoms with Gasteiger partial charge in [-0.3, -0.25) is 0 Å². The topological polar surface area (TPSA) is 21.3 Å². The minimum absolute atomic E-state index is 0.138. The third kappa shape index (κ3) is 3.23. The average molecular weight is 294 g/mol. The van der Waals surface area contributed by atoms with E-state index < -0.39 is 0 Å². The van der Waals surface area contributed by atoms with Crippen molar-refractivity contribution in [1.82, 2.24) is 0 Å². The summed E-state index contributed by atoms with van der Waals surface area (Å²) >= 11 is 6.17. The third-order valence-corrected chi connectivity index (χ3v) is 3.52. The van der Waals surface area contributed by atoms with Crippen LogP contribution in [0.5, 0.6) is 5.75 Å². The van der Waals surface area contributed by atoms with Gasteiger partial charge in [-0.1, -0.05) is 36.7 Å². The summed E-state index contributed by atoms with van der Waals surface area (Å²) in [5.74, 6) is 0.492. The Hall–Kier alpha value is -1.74. The molecule has 1 unspecified atom stereocenters. The van der Waals surface area contributed by atoms with Crippen LogP contribution in [0.1, 0.15) is 24.9 Å². The van der Waals surface area contributed by atoms with Gasteiger partial charge < -0.3 is 10.1 Å². The molecular formula is C16H17ClFNO. The Kier molecular flexibility index (Phi) is 4.85. The molecule has 1 atom stereocenters. The highest BCUT2D eigenvalue weighted by Gasteiger charge is 2.15. The van der Waals surface area contributed by atoms with Crippen LogP contribution in [-0.4, -0.2) is 7.11 Å². The van der Waals surface area contributed by atoms with E-state index in [-0.39, 0.29) is 11.9 Å². The smallest absolute Gasteiger partial charge is 0.128 e. The number of nitrogens with one attached hydrogen (secondary N) is 1. The van der Waals surface area contributed by atoms with E-state index in [0.717, 1.165) is 12.1 Å². The predicted octanol–water partition coefficient (Wildman–Crippen LogP) is 5.05. The molecule has 1 N–H and O–H groups in total. The van der Waals surface area contributed by atoms with Gasteiger partial charge in [-0.05, 0) is 24.6 Å². The average Bonchev–Trinajstić information content (AvgIpc) is 2.47. The SMILES string of the molecule is CCC(Nc1cc(OC)ccc1Cl)c1ccccc1F. The Morgan fingerprint density at radius 2 is 2.00 bits per heavy atom. The van der Waals surface area contributed by atoms with Crippen molar-refractivity contribution in [1.29, 1.82) is 0 Å². The van der Waals surface area contributed by atoms with Gasteiger partial charge in [0.25, 0.3) is 0 Å². The lowest BCUT2D eigenvalue weighted by atomic mass is 10.0. The second kappa shape index (κ2) is 6.62. The van der Waals surface area contributed by atoms with E-state index in [1.807, 2.05) is 19.1 Å². The zero-order valence-corrected chi connectivity index (χ0v) is 12.2. The van der Waals surface area contributed by atoms with E-state index in [1.165, 1.54) is 6.07 Å². The Morgan fingerprint density at radius 3 is 2.65 bits per heavy atom. The molecule has 2 aromatic rings. The first kappa shape index (κ1) is 14.7. The maximum absolute atomic E-state index is 13.9. The lowest BCUT2D eigenvalue weighted by molar-refractivity contribution is 0.415. The molecule has 2 rings (SSSR count). The van der Waals surface area contributed by atoms with Gasteiger partial charge in [-0.25, -0.2) is 4.39 Å². The molecule has 0 radical (unpaired) electrons. The molecule has 2 aromatic carbocycles. The van der Waals surface area contributed by atoms with Crippen molar-refractivity contribution in [3.8, 4) is 5.75 Å². The predicted molar refractivity (Wildman–Crippen MR) is 81.1 cm³/mol. The number of ether oxygens (including phenoxy) is 1. The molecule has 0 saturated heterocycles. The van der Waals surface area contributed by atoms with Gasteiger partial charge in [0.1, 0.15) is 11.6 Å². The summed E-state index contributed by atoms with van der Waals surface area (Å²) in [6.07, 6.45) is 0.745. The molecule has 0 aliphatic carbocycles. The van der Waals surface area contributed by atoms with E-state index in [9.17, 15) is 4.39 Å². The van der Waals surface area contributed by atoms with E-state index in [4.69, 9.17) is 16.3 Å². The number of hydrogen-bond donors (Lipinski definition) is 1. The van der Waals surface area contributed by atoms with Crippen LogP contribution in [0.2, 0.25) is 5.02 Å². The molecule has 0 bridgehead atoms. The van der Waals surface area contributed by atoms with Crippen molar-refractivity contribution < 1.29 is 9.13 Å². The summed E-state index contributed by atoms with van der Waals surface area (Å²) in [4.78, 5) is 0. The molecule has 20 heavy (non-hydrogen) atoms. The maximum Gasteiger partial charge on any atom is 0.128 e. The molecule has 2 nitrogen and oxygen atoms in total. The highest BCUT2D eigenvalue weighted by atomic mass is 35.5. The lowest BCUT2D eigenvalue weighted by Crippen LogP contribution is -2.11. The number of halogens is 2. The highest BCUT2D eigenvalue weighted by molar-refractivity contribution is 6.33. The van der Waals surface area contributed by atoms with Gasteiger partial charge in [-0.15, -0.1) is 0 Å². The fourth-order valence-electron chi connectivity index (χ4n) is 2.09. The highest BCUT2D eigenvalue weighted by Crippen LogP contribution is 2.31. The van der Waals surface area contributed by atoms with Gasteiger partial charge in [-0.2, -0.15) is 0 Å². The molecule has 4 heteroatoms. The van der Waals surface area contributed by atoms with Crippen LogP contribution in [0.3, 0.4) is 0 Å². The summed E-state index contributed by atoms with van der Waals surface area (Å²) in [5.41, 5.74) is 1.37. The van der Waals surface area contributed by atoms with Crippen molar-refractivity contribution in [2.75, 3.05) is 12.4 Å². The first-order valence-electron chi connectivity index (χ1n) is 6.50. The normalized spacial score (nSPS) is 12.0. The largest absolute Gasteiger partial charge is 0.497 e. The molecule has 0 aliphatic rings. The second-order valence-electron chi connectivity index (χ2n) is 4.47. The summed E-state index contributed by atoms with van der Waals surface area (Å²) in [6, 6.07) is 12.0. The van der Waals surface area contributed by atoms with Crippen molar-refractivity contribution in [2.45, 2.75) is 19.4 Å². The van der Waals surface area contributed by atoms with Crippen molar-refractivity contribution in [3.63, 3.8) is 0 Å². The van der Waals surface area contributed by atoms with E-state index in [1.54, 1.807) is 31.4 Å². The number of benzene rings is 2. The third-order valence-electron chi connectivity index (χ3n) is 3.19. The fourth-order valence-corrected chi connectivity index (χ4v) is 2.26. The molecule has 0 spiro atoms. The van der Waals surface area contributed by atoms with Crippen molar-refractivity contribution in [3.05, 3.63) is 58.9 Å². The Labute approximate surface area is 123 Å². The molecule has 0 aromatic heterocycles. The summed E-state index contributed by atoms with van der Waals surface area (Å²) in [6.45, 7) is 2.00. The number of methoxy groups -OCH3 is 1. The van der Waals surface area contributed by atoms with Crippen molar-refractivity contribution in [2.24, 2.45) is 0 Å². The maximum atomic E-state index is 13.9. The zero-order valence-electron chi connectivity index (χ0n) is 11.5. The first-order chi connectivity index (χ1) is 9.65. The summed E-state index contributed by atoms with van der Waals surface area (Å²) < 4.78 is 19.1. The quantitative estimate of drug-likeness (QED) is 0.833. The minimum atomic E-state index is -0.217. The minimum Gasteiger partial charge on any atom is -0.497 e. The van der Waals surface area contributed by atoms with Crippen LogP contribution in [0, 0.1) is 5.82 Å². The van der Waals surface area contributed by atoms with Gasteiger partial charge in [0.2, 0.25) is 0 Å². The van der Waals surface area contributed by atoms with Crippen molar-refractivity contribution >= 4 is 17.3 Å². The van der Waals surface area contributed by atoms with E-state index in [2.05, 4.69) is 5.32 Å². The van der Waals surface area contributed by atoms with Gasteiger partial charge in [0.05, 0.1) is 23.9 Å². The molecular weight excluding hydrogens is 277 g/mol. The number of rotatable bonds is 5. The van der Waals surface area contributed by atoms with Crippen LogP contribution in [-0.2, 0) is 0 Å². The van der Waals surface area contributed by atoms with Gasteiger partial charge >= 0.3 is 0 Å². The molecule has 106 valence electrons. The zero-order chi connectivity index (χ0) is 14.5. The Morgan fingerprint density at radius 1 is 1.25 bits per heavy atom. The second-order valence-corrected chi connectivity index (χ2v) is 4.88. The lowest BCUT2D eigenvalue weighted by Gasteiger charge is -2.20. The molecule has 0 aliphatic heterocycles. The van der Waals surface area contributed by atoms with Gasteiger partial charge in [0, 0.05) is 11.6 Å². The molecule has 0 fully saturated rings. The summed E-state index contributed by atoms with van der Waals surface area (Å²) in [7, 11) is 1.60. The van der Waals surface area contributed by atoms with E-state index in [0.29, 0.717) is 16.3 Å². The van der Waals surface area contributed by atoms with E-state index >= 15 is 0 Å². The number of hydrogen-bond acceptors (Lipinski definition) is 2.